The van der Waals surface area contributed by atoms with Crippen molar-refractivity contribution < 1.29 is 9.59 Å². The third-order valence-electron chi connectivity index (χ3n) is 4.97. The van der Waals surface area contributed by atoms with E-state index in [9.17, 15) is 9.59 Å². The molecule has 2 N–H and O–H groups in total. The van der Waals surface area contributed by atoms with Gasteiger partial charge >= 0.3 is 0 Å². The van der Waals surface area contributed by atoms with Crippen LogP contribution in [0.4, 0.5) is 0 Å². The Labute approximate surface area is 167 Å². The first-order valence-corrected chi connectivity index (χ1v) is 9.92. The van der Waals surface area contributed by atoms with Gasteiger partial charge in [-0.3, -0.25) is 14.5 Å². The number of likely N-dealkylation sites (tertiary alicyclic amines) is 1. The Morgan fingerprint density at radius 3 is 2.41 bits per heavy atom. The van der Waals surface area contributed by atoms with Crippen LogP contribution in [0.1, 0.15) is 44.0 Å². The quantitative estimate of drug-likeness (QED) is 0.755. The molecule has 0 unspecified atom stereocenters. The second-order valence-electron chi connectivity index (χ2n) is 8.91. The van der Waals surface area contributed by atoms with Crippen molar-refractivity contribution in [1.82, 2.24) is 15.5 Å². The van der Waals surface area contributed by atoms with E-state index >= 15 is 0 Å². The molecule has 3 rings (SSSR count). The maximum atomic E-state index is 11.8. The third-order valence-corrected chi connectivity index (χ3v) is 5.31. The van der Waals surface area contributed by atoms with Gasteiger partial charge in [0.2, 0.25) is 5.91 Å². The highest BCUT2D eigenvalue weighted by atomic mass is 35.5. The molecule has 0 radical (unpaired) electrons. The van der Waals surface area contributed by atoms with Gasteiger partial charge in [-0.1, -0.05) is 29.8 Å². The zero-order valence-electron chi connectivity index (χ0n) is 16.8. The fourth-order valence-electron chi connectivity index (χ4n) is 4.10. The normalized spacial score (nSPS) is 18.7. The van der Waals surface area contributed by atoms with Crippen LogP contribution in [0.5, 0.6) is 0 Å². The SMILES string of the molecule is CNCC1CC2(C1)CN(CC(=O)NC(C)(C)C)C2.O=Cc1ccccc1Cl. The molecule has 6 heteroatoms. The minimum atomic E-state index is -0.117. The maximum Gasteiger partial charge on any atom is 0.234 e. The van der Waals surface area contributed by atoms with Gasteiger partial charge in [0.25, 0.3) is 0 Å². The Bertz CT molecular complexity index is 643. The molecule has 1 aliphatic carbocycles. The topological polar surface area (TPSA) is 61.4 Å². The molecule has 0 bridgehead atoms. The molecular formula is C21H32ClN3O2. The molecule has 1 saturated heterocycles. The van der Waals surface area contributed by atoms with E-state index in [0.29, 0.717) is 22.5 Å². The lowest BCUT2D eigenvalue weighted by molar-refractivity contribution is -0.133. The van der Waals surface area contributed by atoms with Gasteiger partial charge in [0.1, 0.15) is 0 Å². The molecule has 150 valence electrons. The molecule has 1 aromatic carbocycles. The van der Waals surface area contributed by atoms with Crippen molar-refractivity contribution in [2.45, 2.75) is 39.2 Å². The van der Waals surface area contributed by atoms with Gasteiger partial charge in [0.05, 0.1) is 11.6 Å². The number of carbonyl (C=O) groups excluding carboxylic acids is 2. The number of hydrogen-bond acceptors (Lipinski definition) is 4. The summed E-state index contributed by atoms with van der Waals surface area (Å²) in [5.74, 6) is 1.02. The number of nitrogens with one attached hydrogen (secondary N) is 2. The molecule has 5 nitrogen and oxygen atoms in total. The van der Waals surface area contributed by atoms with Crippen LogP contribution in [0, 0.1) is 11.3 Å². The number of rotatable bonds is 5. The van der Waals surface area contributed by atoms with Crippen molar-refractivity contribution in [2.24, 2.45) is 11.3 Å². The molecule has 1 heterocycles. The van der Waals surface area contributed by atoms with E-state index in [-0.39, 0.29) is 11.4 Å². The van der Waals surface area contributed by atoms with Crippen molar-refractivity contribution in [2.75, 3.05) is 33.2 Å². The summed E-state index contributed by atoms with van der Waals surface area (Å²) in [7, 11) is 2.02. The smallest absolute Gasteiger partial charge is 0.234 e. The molecule has 1 aromatic rings. The molecule has 27 heavy (non-hydrogen) atoms. The first-order chi connectivity index (χ1) is 12.7. The van der Waals surface area contributed by atoms with Gasteiger partial charge in [0, 0.05) is 24.2 Å². The number of nitrogens with zero attached hydrogens (tertiary/aromatic N) is 1. The number of carbonyl (C=O) groups is 2. The van der Waals surface area contributed by atoms with E-state index in [0.717, 1.165) is 31.8 Å². The highest BCUT2D eigenvalue weighted by molar-refractivity contribution is 6.32. The fourth-order valence-corrected chi connectivity index (χ4v) is 4.28. The van der Waals surface area contributed by atoms with Gasteiger partial charge in [-0.25, -0.2) is 0 Å². The molecule has 1 amide bonds. The number of amides is 1. The molecule has 2 aliphatic rings. The average molecular weight is 394 g/mol. The lowest BCUT2D eigenvalue weighted by atomic mass is 9.57. The van der Waals surface area contributed by atoms with Gasteiger partial charge < -0.3 is 10.6 Å². The summed E-state index contributed by atoms with van der Waals surface area (Å²) in [6.07, 6.45) is 3.42. The minimum Gasteiger partial charge on any atom is -0.350 e. The standard InChI is InChI=1S/C14H27N3O.C7H5ClO/c1-13(2,3)16-12(18)8-17-9-14(10-17)5-11(6-14)7-15-4;8-7-4-2-1-3-6(7)5-9/h11,15H,5-10H2,1-4H3,(H,16,18);1-5H. The first-order valence-electron chi connectivity index (χ1n) is 9.54. The van der Waals surface area contributed by atoms with Crippen molar-refractivity contribution in [1.29, 1.82) is 0 Å². The van der Waals surface area contributed by atoms with E-state index in [4.69, 9.17) is 11.6 Å². The Kier molecular flexibility index (Phi) is 7.43. The summed E-state index contributed by atoms with van der Waals surface area (Å²) in [6.45, 7) is 10.0. The number of benzene rings is 1. The second-order valence-corrected chi connectivity index (χ2v) is 9.32. The number of halogens is 1. The average Bonchev–Trinajstić information content (AvgIpc) is 2.50. The lowest BCUT2D eigenvalue weighted by Crippen LogP contribution is -2.64. The van der Waals surface area contributed by atoms with E-state index in [1.807, 2.05) is 27.8 Å². The summed E-state index contributed by atoms with van der Waals surface area (Å²) in [5, 5.41) is 6.77. The second kappa shape index (κ2) is 9.18. The van der Waals surface area contributed by atoms with Crippen LogP contribution >= 0.6 is 11.6 Å². The van der Waals surface area contributed by atoms with Crippen molar-refractivity contribution in [3.05, 3.63) is 34.9 Å². The first kappa shape index (κ1) is 21.9. The predicted octanol–water partition coefficient (Wildman–Crippen LogP) is 2.99. The van der Waals surface area contributed by atoms with Crippen LogP contribution in [0.15, 0.2) is 24.3 Å². The van der Waals surface area contributed by atoms with Gasteiger partial charge in [-0.15, -0.1) is 0 Å². The fraction of sp³-hybridized carbons (Fsp3) is 0.619. The molecule has 0 aromatic heterocycles. The number of hydrogen-bond donors (Lipinski definition) is 2. The molecule has 1 spiro atoms. The summed E-state index contributed by atoms with van der Waals surface area (Å²) in [5.41, 5.74) is 0.983. The monoisotopic (exact) mass is 393 g/mol. The van der Waals surface area contributed by atoms with Gasteiger partial charge in [0.15, 0.2) is 6.29 Å². The van der Waals surface area contributed by atoms with Gasteiger partial charge in [-0.2, -0.15) is 0 Å². The van der Waals surface area contributed by atoms with Crippen LogP contribution in [0.3, 0.4) is 0 Å². The highest BCUT2D eigenvalue weighted by Crippen LogP contribution is 2.51. The molecular weight excluding hydrogens is 362 g/mol. The number of aldehydes is 1. The molecule has 0 atom stereocenters. The Morgan fingerprint density at radius 1 is 1.30 bits per heavy atom. The lowest BCUT2D eigenvalue weighted by Gasteiger charge is -2.59. The van der Waals surface area contributed by atoms with Gasteiger partial charge in [-0.05, 0) is 64.6 Å². The zero-order valence-corrected chi connectivity index (χ0v) is 17.6. The van der Waals surface area contributed by atoms with Crippen LogP contribution < -0.4 is 10.6 Å². The maximum absolute atomic E-state index is 11.8. The minimum absolute atomic E-state index is 0.117. The molecule has 1 saturated carbocycles. The summed E-state index contributed by atoms with van der Waals surface area (Å²) in [6, 6.07) is 6.92. The third kappa shape index (κ3) is 6.59. The summed E-state index contributed by atoms with van der Waals surface area (Å²) < 4.78 is 0. The molecule has 2 fully saturated rings. The Hall–Kier alpha value is -1.43. The molecule has 1 aliphatic heterocycles. The Morgan fingerprint density at radius 2 is 1.93 bits per heavy atom. The van der Waals surface area contributed by atoms with Crippen LogP contribution in [0.25, 0.3) is 0 Å². The van der Waals surface area contributed by atoms with E-state index < -0.39 is 0 Å². The van der Waals surface area contributed by atoms with Crippen molar-refractivity contribution >= 4 is 23.8 Å². The Balaban J connectivity index is 0.000000244. The van der Waals surface area contributed by atoms with Crippen LogP contribution in [-0.2, 0) is 4.79 Å². The largest absolute Gasteiger partial charge is 0.350 e. The van der Waals surface area contributed by atoms with E-state index in [1.165, 1.54) is 12.8 Å². The van der Waals surface area contributed by atoms with Crippen molar-refractivity contribution in [3.8, 4) is 0 Å². The van der Waals surface area contributed by atoms with E-state index in [2.05, 4.69) is 15.5 Å². The summed E-state index contributed by atoms with van der Waals surface area (Å²) >= 11 is 5.59. The zero-order chi connectivity index (χ0) is 20.1. The predicted molar refractivity (Wildman–Crippen MR) is 110 cm³/mol. The van der Waals surface area contributed by atoms with E-state index in [1.54, 1.807) is 24.3 Å². The van der Waals surface area contributed by atoms with Crippen LogP contribution in [0.2, 0.25) is 5.02 Å². The summed E-state index contributed by atoms with van der Waals surface area (Å²) in [4.78, 5) is 24.2. The van der Waals surface area contributed by atoms with Crippen LogP contribution in [-0.4, -0.2) is 55.9 Å². The van der Waals surface area contributed by atoms with Crippen molar-refractivity contribution in [3.63, 3.8) is 0 Å². The highest BCUT2D eigenvalue weighted by Gasteiger charge is 2.51.